The van der Waals surface area contributed by atoms with Crippen molar-refractivity contribution in [3.63, 3.8) is 0 Å². The van der Waals surface area contributed by atoms with Crippen LogP contribution >= 0.6 is 11.6 Å². The van der Waals surface area contributed by atoms with Crippen molar-refractivity contribution in [2.24, 2.45) is 0 Å². The molecule has 3 N–H and O–H groups in total. The summed E-state index contributed by atoms with van der Waals surface area (Å²) in [6, 6.07) is 6.91. The smallest absolute Gasteiger partial charge is 0.319 e. The Kier molecular flexibility index (Phi) is 4.09. The lowest BCUT2D eigenvalue weighted by Gasteiger charge is -2.34. The molecule has 0 saturated carbocycles. The molecular formula is C13H18ClN3O. The molecule has 98 valence electrons. The lowest BCUT2D eigenvalue weighted by Crippen LogP contribution is -2.53. The second-order valence-corrected chi connectivity index (χ2v) is 5.33. The van der Waals surface area contributed by atoms with Crippen molar-refractivity contribution in [1.82, 2.24) is 10.6 Å². The van der Waals surface area contributed by atoms with E-state index in [0.29, 0.717) is 5.02 Å². The van der Waals surface area contributed by atoms with Crippen molar-refractivity contribution in [3.05, 3.63) is 29.3 Å². The van der Waals surface area contributed by atoms with Crippen molar-refractivity contribution >= 4 is 23.3 Å². The average Bonchev–Trinajstić information content (AvgIpc) is 2.32. The molecule has 0 aliphatic carbocycles. The van der Waals surface area contributed by atoms with E-state index in [1.54, 1.807) is 24.3 Å². The third-order valence-electron chi connectivity index (χ3n) is 3.22. The molecule has 1 aliphatic heterocycles. The van der Waals surface area contributed by atoms with Gasteiger partial charge in [-0.3, -0.25) is 0 Å². The van der Waals surface area contributed by atoms with Gasteiger partial charge in [0.05, 0.1) is 0 Å². The summed E-state index contributed by atoms with van der Waals surface area (Å²) in [7, 11) is 0. The first-order valence-electron chi connectivity index (χ1n) is 6.13. The van der Waals surface area contributed by atoms with Crippen LogP contribution < -0.4 is 16.0 Å². The topological polar surface area (TPSA) is 53.2 Å². The molecule has 1 aliphatic rings. The van der Waals surface area contributed by atoms with E-state index in [4.69, 9.17) is 11.6 Å². The lowest BCUT2D eigenvalue weighted by molar-refractivity contribution is 0.225. The Balaban J connectivity index is 1.90. The summed E-state index contributed by atoms with van der Waals surface area (Å²) < 4.78 is 0. The second kappa shape index (κ2) is 5.59. The second-order valence-electron chi connectivity index (χ2n) is 4.90. The van der Waals surface area contributed by atoms with Crippen LogP contribution in [0.25, 0.3) is 0 Å². The van der Waals surface area contributed by atoms with E-state index >= 15 is 0 Å². The quantitative estimate of drug-likeness (QED) is 0.772. The average molecular weight is 268 g/mol. The lowest BCUT2D eigenvalue weighted by atomic mass is 9.91. The van der Waals surface area contributed by atoms with Crippen molar-refractivity contribution in [3.8, 4) is 0 Å². The van der Waals surface area contributed by atoms with Crippen molar-refractivity contribution in [2.45, 2.75) is 25.3 Å². The number of anilines is 1. The van der Waals surface area contributed by atoms with E-state index in [1.165, 1.54) is 0 Å². The monoisotopic (exact) mass is 267 g/mol. The highest BCUT2D eigenvalue weighted by molar-refractivity contribution is 6.30. The summed E-state index contributed by atoms with van der Waals surface area (Å²) >= 11 is 5.79. The van der Waals surface area contributed by atoms with Gasteiger partial charge in [-0.2, -0.15) is 0 Å². The molecule has 1 aromatic rings. The fourth-order valence-electron chi connectivity index (χ4n) is 2.07. The maximum Gasteiger partial charge on any atom is 0.319 e. The SMILES string of the molecule is CC1(NC(=O)Nc2ccc(Cl)cc2)CCNCC1. The van der Waals surface area contributed by atoms with Gasteiger partial charge >= 0.3 is 6.03 Å². The maximum absolute atomic E-state index is 11.9. The van der Waals surface area contributed by atoms with Crippen LogP contribution in [-0.2, 0) is 0 Å². The summed E-state index contributed by atoms with van der Waals surface area (Å²) in [6.07, 6.45) is 1.89. The van der Waals surface area contributed by atoms with Gasteiger partial charge in [-0.1, -0.05) is 11.6 Å². The van der Waals surface area contributed by atoms with Gasteiger partial charge in [0.2, 0.25) is 0 Å². The zero-order chi connectivity index (χ0) is 13.0. The number of urea groups is 1. The first-order valence-corrected chi connectivity index (χ1v) is 6.51. The van der Waals surface area contributed by atoms with Crippen LogP contribution in [0.5, 0.6) is 0 Å². The van der Waals surface area contributed by atoms with Crippen LogP contribution in [0.3, 0.4) is 0 Å². The molecule has 5 heteroatoms. The molecular weight excluding hydrogens is 250 g/mol. The molecule has 0 bridgehead atoms. The van der Waals surface area contributed by atoms with E-state index in [0.717, 1.165) is 31.6 Å². The molecule has 1 saturated heterocycles. The molecule has 0 spiro atoms. The molecule has 2 amide bonds. The van der Waals surface area contributed by atoms with Gasteiger partial charge in [-0.15, -0.1) is 0 Å². The fourth-order valence-corrected chi connectivity index (χ4v) is 2.20. The molecule has 2 rings (SSSR count). The van der Waals surface area contributed by atoms with Crippen LogP contribution in [0.2, 0.25) is 5.02 Å². The first kappa shape index (κ1) is 13.2. The molecule has 1 fully saturated rings. The molecule has 0 unspecified atom stereocenters. The Morgan fingerprint density at radius 2 is 1.89 bits per heavy atom. The highest BCUT2D eigenvalue weighted by Gasteiger charge is 2.28. The number of nitrogens with one attached hydrogen (secondary N) is 3. The highest BCUT2D eigenvalue weighted by atomic mass is 35.5. The molecule has 1 aromatic carbocycles. The van der Waals surface area contributed by atoms with Gasteiger partial charge < -0.3 is 16.0 Å². The molecule has 18 heavy (non-hydrogen) atoms. The van der Waals surface area contributed by atoms with Gasteiger partial charge in [0.15, 0.2) is 0 Å². The normalized spacial score (nSPS) is 18.1. The number of benzene rings is 1. The number of hydrogen-bond acceptors (Lipinski definition) is 2. The van der Waals surface area contributed by atoms with Crippen molar-refractivity contribution in [1.29, 1.82) is 0 Å². The molecule has 4 nitrogen and oxygen atoms in total. The number of carbonyl (C=O) groups is 1. The Bertz CT molecular complexity index is 413. The number of rotatable bonds is 2. The summed E-state index contributed by atoms with van der Waals surface area (Å²) in [5, 5.41) is 9.79. The van der Waals surface area contributed by atoms with Crippen LogP contribution in [0.15, 0.2) is 24.3 Å². The van der Waals surface area contributed by atoms with Gasteiger partial charge in [-0.05, 0) is 57.1 Å². The van der Waals surface area contributed by atoms with Crippen LogP contribution in [0, 0.1) is 0 Å². The van der Waals surface area contributed by atoms with Crippen molar-refractivity contribution < 1.29 is 4.79 Å². The minimum atomic E-state index is -0.165. The summed E-state index contributed by atoms with van der Waals surface area (Å²) in [6.45, 7) is 3.96. The van der Waals surface area contributed by atoms with Gasteiger partial charge in [0, 0.05) is 16.2 Å². The number of hydrogen-bond donors (Lipinski definition) is 3. The van der Waals surface area contributed by atoms with E-state index in [9.17, 15) is 4.79 Å². The zero-order valence-electron chi connectivity index (χ0n) is 10.4. The van der Waals surface area contributed by atoms with Crippen LogP contribution in [-0.4, -0.2) is 24.7 Å². The molecule has 0 atom stereocenters. The zero-order valence-corrected chi connectivity index (χ0v) is 11.2. The summed E-state index contributed by atoms with van der Waals surface area (Å²) in [5.74, 6) is 0. The Labute approximate surface area is 112 Å². The minimum Gasteiger partial charge on any atom is -0.333 e. The maximum atomic E-state index is 11.9. The predicted octanol–water partition coefficient (Wildman–Crippen LogP) is 2.60. The first-order chi connectivity index (χ1) is 8.57. The summed E-state index contributed by atoms with van der Waals surface area (Å²) in [4.78, 5) is 11.9. The summed E-state index contributed by atoms with van der Waals surface area (Å²) in [5.41, 5.74) is 0.622. The van der Waals surface area contributed by atoms with Gasteiger partial charge in [0.1, 0.15) is 0 Å². The van der Waals surface area contributed by atoms with Gasteiger partial charge in [0.25, 0.3) is 0 Å². The Hall–Kier alpha value is -1.26. The standard InChI is InChI=1S/C13H18ClN3O/c1-13(6-8-15-9-7-13)17-12(18)16-11-4-2-10(14)3-5-11/h2-5,15H,6-9H2,1H3,(H2,16,17,18). The minimum absolute atomic E-state index is 0.123. The molecule has 1 heterocycles. The van der Waals surface area contributed by atoms with Gasteiger partial charge in [-0.25, -0.2) is 4.79 Å². The fraction of sp³-hybridized carbons (Fsp3) is 0.462. The number of carbonyl (C=O) groups excluding carboxylic acids is 1. The third kappa shape index (κ3) is 3.62. The van der Waals surface area contributed by atoms with E-state index in [1.807, 2.05) is 0 Å². The largest absolute Gasteiger partial charge is 0.333 e. The van der Waals surface area contributed by atoms with E-state index < -0.39 is 0 Å². The van der Waals surface area contributed by atoms with Crippen LogP contribution in [0.4, 0.5) is 10.5 Å². The van der Waals surface area contributed by atoms with Crippen molar-refractivity contribution in [2.75, 3.05) is 18.4 Å². The Morgan fingerprint density at radius 3 is 2.50 bits per heavy atom. The number of amides is 2. The number of halogens is 1. The highest BCUT2D eigenvalue weighted by Crippen LogP contribution is 2.18. The predicted molar refractivity (Wildman–Crippen MR) is 74.1 cm³/mol. The molecule has 0 radical (unpaired) electrons. The molecule has 0 aromatic heterocycles. The Morgan fingerprint density at radius 1 is 1.28 bits per heavy atom. The van der Waals surface area contributed by atoms with E-state index in [-0.39, 0.29) is 11.6 Å². The third-order valence-corrected chi connectivity index (χ3v) is 3.48. The van der Waals surface area contributed by atoms with E-state index in [2.05, 4.69) is 22.9 Å². The number of piperidine rings is 1. The van der Waals surface area contributed by atoms with Crippen LogP contribution in [0.1, 0.15) is 19.8 Å².